The summed E-state index contributed by atoms with van der Waals surface area (Å²) in [4.78, 5) is 0. The van der Waals surface area contributed by atoms with Crippen molar-refractivity contribution < 1.29 is 4.39 Å². The minimum absolute atomic E-state index is 0.203. The summed E-state index contributed by atoms with van der Waals surface area (Å²) in [5.74, 6) is -0.271. The van der Waals surface area contributed by atoms with E-state index in [0.29, 0.717) is 15.1 Å². The Hall–Kier alpha value is -0.900. The van der Waals surface area contributed by atoms with E-state index in [4.69, 9.17) is 11.6 Å². The van der Waals surface area contributed by atoms with E-state index in [0.717, 1.165) is 12.1 Å². The Morgan fingerprint density at radius 1 is 1.25 bits per heavy atom. The van der Waals surface area contributed by atoms with Gasteiger partial charge in [-0.15, -0.1) is 0 Å². The van der Waals surface area contributed by atoms with E-state index in [-0.39, 0.29) is 11.9 Å². The summed E-state index contributed by atoms with van der Waals surface area (Å²) in [6.45, 7) is 4.77. The molecule has 0 bridgehead atoms. The van der Waals surface area contributed by atoms with Crippen LogP contribution in [-0.2, 0) is 0 Å². The van der Waals surface area contributed by atoms with E-state index in [1.807, 2.05) is 38.1 Å². The van der Waals surface area contributed by atoms with E-state index in [9.17, 15) is 4.39 Å². The normalized spacial score (nSPS) is 12.4. The molecule has 0 heterocycles. The second-order valence-electron chi connectivity index (χ2n) is 4.69. The highest BCUT2D eigenvalue weighted by Crippen LogP contribution is 2.31. The van der Waals surface area contributed by atoms with Crippen LogP contribution in [0.4, 0.5) is 4.39 Å². The first-order chi connectivity index (χ1) is 9.52. The first-order valence-corrected chi connectivity index (χ1v) is 7.64. The lowest BCUT2D eigenvalue weighted by Gasteiger charge is -2.20. The lowest BCUT2D eigenvalue weighted by molar-refractivity contribution is 0.558. The van der Waals surface area contributed by atoms with Crippen molar-refractivity contribution in [1.82, 2.24) is 5.32 Å². The van der Waals surface area contributed by atoms with E-state index in [2.05, 4.69) is 21.2 Å². The van der Waals surface area contributed by atoms with Crippen LogP contribution in [0.2, 0.25) is 5.02 Å². The minimum atomic E-state index is -0.271. The van der Waals surface area contributed by atoms with Crippen molar-refractivity contribution in [1.29, 1.82) is 0 Å². The zero-order chi connectivity index (χ0) is 14.7. The molecule has 1 unspecified atom stereocenters. The van der Waals surface area contributed by atoms with Gasteiger partial charge in [0.2, 0.25) is 0 Å². The van der Waals surface area contributed by atoms with Crippen molar-refractivity contribution in [3.8, 4) is 0 Å². The monoisotopic (exact) mass is 355 g/mol. The SMILES string of the molecule is CCNC(c1ccc(C)cc1)c1cc(Cl)c(Br)cc1F. The summed E-state index contributed by atoms with van der Waals surface area (Å²) in [5.41, 5.74) is 2.76. The molecule has 0 saturated carbocycles. The molecular formula is C16H16BrClFN. The molecule has 2 rings (SSSR count). The average molecular weight is 357 g/mol. The van der Waals surface area contributed by atoms with E-state index in [1.54, 1.807) is 6.07 Å². The van der Waals surface area contributed by atoms with Crippen LogP contribution >= 0.6 is 27.5 Å². The number of hydrogen-bond donors (Lipinski definition) is 1. The van der Waals surface area contributed by atoms with Crippen molar-refractivity contribution in [2.24, 2.45) is 0 Å². The fourth-order valence-corrected chi connectivity index (χ4v) is 2.62. The predicted molar refractivity (Wildman–Crippen MR) is 85.8 cm³/mol. The highest BCUT2D eigenvalue weighted by molar-refractivity contribution is 9.10. The molecule has 1 atom stereocenters. The molecule has 4 heteroatoms. The molecule has 2 aromatic carbocycles. The number of rotatable bonds is 4. The Morgan fingerprint density at radius 3 is 2.50 bits per heavy atom. The molecule has 106 valence electrons. The summed E-state index contributed by atoms with van der Waals surface area (Å²) >= 11 is 9.34. The standard InChI is InChI=1S/C16H16BrClFN/c1-3-20-16(11-6-4-10(2)5-7-11)12-8-14(18)13(17)9-15(12)19/h4-9,16,20H,3H2,1-2H3. The van der Waals surface area contributed by atoms with Gasteiger partial charge in [0.15, 0.2) is 0 Å². The molecule has 0 spiro atoms. The maximum absolute atomic E-state index is 14.2. The van der Waals surface area contributed by atoms with E-state index in [1.165, 1.54) is 11.6 Å². The highest BCUT2D eigenvalue weighted by Gasteiger charge is 2.18. The van der Waals surface area contributed by atoms with Crippen LogP contribution < -0.4 is 5.32 Å². The van der Waals surface area contributed by atoms with Crippen molar-refractivity contribution in [2.75, 3.05) is 6.54 Å². The van der Waals surface area contributed by atoms with Crippen LogP contribution in [0.3, 0.4) is 0 Å². The van der Waals surface area contributed by atoms with Gasteiger partial charge < -0.3 is 5.32 Å². The van der Waals surface area contributed by atoms with Gasteiger partial charge in [-0.05, 0) is 47.1 Å². The molecule has 0 aliphatic carbocycles. The Morgan fingerprint density at radius 2 is 1.90 bits per heavy atom. The van der Waals surface area contributed by atoms with Gasteiger partial charge in [0.1, 0.15) is 5.82 Å². The Bertz CT molecular complexity index is 598. The molecule has 0 aliphatic rings. The Kier molecular flexibility index (Phi) is 5.19. The molecule has 0 aliphatic heterocycles. The van der Waals surface area contributed by atoms with Gasteiger partial charge in [-0.1, -0.05) is 48.4 Å². The quantitative estimate of drug-likeness (QED) is 0.738. The molecule has 2 aromatic rings. The van der Waals surface area contributed by atoms with Gasteiger partial charge in [-0.25, -0.2) is 4.39 Å². The summed E-state index contributed by atoms with van der Waals surface area (Å²) in [6.07, 6.45) is 0. The number of aryl methyl sites for hydroxylation is 1. The fraction of sp³-hybridized carbons (Fsp3) is 0.250. The third kappa shape index (κ3) is 3.40. The number of nitrogens with one attached hydrogen (secondary N) is 1. The van der Waals surface area contributed by atoms with Crippen LogP contribution in [0.1, 0.15) is 29.7 Å². The van der Waals surface area contributed by atoms with Crippen LogP contribution in [0.5, 0.6) is 0 Å². The van der Waals surface area contributed by atoms with Crippen molar-refractivity contribution in [3.05, 3.63) is 68.4 Å². The Balaban J connectivity index is 2.48. The average Bonchev–Trinajstić information content (AvgIpc) is 2.42. The van der Waals surface area contributed by atoms with Crippen LogP contribution in [0.25, 0.3) is 0 Å². The van der Waals surface area contributed by atoms with Crippen LogP contribution in [0.15, 0.2) is 40.9 Å². The maximum Gasteiger partial charge on any atom is 0.129 e. The smallest absolute Gasteiger partial charge is 0.129 e. The Labute approximate surface area is 132 Å². The molecule has 20 heavy (non-hydrogen) atoms. The predicted octanol–water partition coefficient (Wildman–Crippen LogP) is 5.25. The van der Waals surface area contributed by atoms with Gasteiger partial charge in [0.25, 0.3) is 0 Å². The van der Waals surface area contributed by atoms with Crippen LogP contribution in [0, 0.1) is 12.7 Å². The molecule has 0 amide bonds. The number of hydrogen-bond acceptors (Lipinski definition) is 1. The van der Waals surface area contributed by atoms with Crippen molar-refractivity contribution in [3.63, 3.8) is 0 Å². The largest absolute Gasteiger partial charge is 0.306 e. The number of halogens is 3. The highest BCUT2D eigenvalue weighted by atomic mass is 79.9. The van der Waals surface area contributed by atoms with Gasteiger partial charge in [-0.3, -0.25) is 0 Å². The lowest BCUT2D eigenvalue weighted by Crippen LogP contribution is -2.23. The first-order valence-electron chi connectivity index (χ1n) is 6.47. The zero-order valence-electron chi connectivity index (χ0n) is 11.4. The van der Waals surface area contributed by atoms with Gasteiger partial charge in [0, 0.05) is 10.0 Å². The molecular weight excluding hydrogens is 341 g/mol. The lowest BCUT2D eigenvalue weighted by atomic mass is 9.97. The van der Waals surface area contributed by atoms with Crippen LogP contribution in [-0.4, -0.2) is 6.54 Å². The first kappa shape index (κ1) is 15.5. The molecule has 0 radical (unpaired) electrons. The maximum atomic E-state index is 14.2. The van der Waals surface area contributed by atoms with E-state index < -0.39 is 0 Å². The second kappa shape index (κ2) is 6.70. The fourth-order valence-electron chi connectivity index (χ4n) is 2.13. The second-order valence-corrected chi connectivity index (χ2v) is 5.95. The summed E-state index contributed by atoms with van der Waals surface area (Å²) in [6, 6.07) is 11.0. The van der Waals surface area contributed by atoms with Gasteiger partial charge in [-0.2, -0.15) is 0 Å². The number of benzene rings is 2. The summed E-state index contributed by atoms with van der Waals surface area (Å²) in [7, 11) is 0. The summed E-state index contributed by atoms with van der Waals surface area (Å²) < 4.78 is 14.8. The molecule has 1 N–H and O–H groups in total. The molecule has 0 aromatic heterocycles. The molecule has 1 nitrogen and oxygen atoms in total. The van der Waals surface area contributed by atoms with Crippen molar-refractivity contribution in [2.45, 2.75) is 19.9 Å². The van der Waals surface area contributed by atoms with Crippen molar-refractivity contribution >= 4 is 27.5 Å². The molecule has 0 saturated heterocycles. The third-order valence-electron chi connectivity index (χ3n) is 3.17. The third-order valence-corrected chi connectivity index (χ3v) is 4.37. The zero-order valence-corrected chi connectivity index (χ0v) is 13.7. The minimum Gasteiger partial charge on any atom is -0.306 e. The summed E-state index contributed by atoms with van der Waals surface area (Å²) in [5, 5.41) is 3.82. The van der Waals surface area contributed by atoms with E-state index >= 15 is 0 Å². The topological polar surface area (TPSA) is 12.0 Å². The molecule has 0 fully saturated rings. The van der Waals surface area contributed by atoms with Gasteiger partial charge >= 0.3 is 0 Å². The van der Waals surface area contributed by atoms with Gasteiger partial charge in [0.05, 0.1) is 11.1 Å².